The zero-order chi connectivity index (χ0) is 44.3. The van der Waals surface area contributed by atoms with Crippen molar-refractivity contribution < 1.29 is 59.1 Å². The number of nitrogens with one attached hydrogen (secondary N) is 2. The number of aryl methyl sites for hydroxylation is 1. The highest BCUT2D eigenvalue weighted by Crippen LogP contribution is 2.40. The van der Waals surface area contributed by atoms with Gasteiger partial charge in [0.2, 0.25) is 23.4 Å². The minimum atomic E-state index is -1.52. The van der Waals surface area contributed by atoms with Crippen LogP contribution in [0, 0.1) is 24.7 Å². The Hall–Kier alpha value is -5.48. The molecule has 4 rings (SSSR count). The van der Waals surface area contributed by atoms with E-state index in [-0.39, 0.29) is 35.3 Å². The molecule has 316 valence electrons. The van der Waals surface area contributed by atoms with Crippen LogP contribution in [-0.4, -0.2) is 96.6 Å². The Morgan fingerprint density at radius 2 is 1.51 bits per heavy atom. The molecule has 7 N–H and O–H groups in total. The van der Waals surface area contributed by atoms with Crippen LogP contribution in [0.25, 0.3) is 0 Å². The van der Waals surface area contributed by atoms with E-state index in [2.05, 4.69) is 10.6 Å². The van der Waals surface area contributed by atoms with Crippen molar-refractivity contribution in [1.82, 2.24) is 10.6 Å². The summed E-state index contributed by atoms with van der Waals surface area (Å²) >= 11 is 0.556. The first-order chi connectivity index (χ1) is 27.7. The average Bonchev–Trinajstić information content (AvgIpc) is 3.17. The summed E-state index contributed by atoms with van der Waals surface area (Å²) in [6.07, 6.45) is 11.6. The molecule has 2 amide bonds. The smallest absolute Gasteiger partial charge is 0.327 e. The number of Topliss-reactive ketones (excluding diaryl/α,β-unsaturated/α-hetero) is 4. The quantitative estimate of drug-likeness (QED) is 0.204. The van der Waals surface area contributed by atoms with Crippen LogP contribution >= 0.6 is 11.8 Å². The Kier molecular flexibility index (Phi) is 17.5. The molecule has 0 spiro atoms. The van der Waals surface area contributed by atoms with E-state index in [0.29, 0.717) is 17.3 Å². The molecular formula is C44H52N2O12S. The third kappa shape index (κ3) is 12.8. The van der Waals surface area contributed by atoms with Gasteiger partial charge in [0.05, 0.1) is 28.8 Å². The topological polar surface area (TPSA) is 245 Å². The number of fused-ring (bicyclic) bond motifs is 18. The number of ketones is 4. The van der Waals surface area contributed by atoms with Gasteiger partial charge in [0.15, 0.2) is 11.6 Å². The van der Waals surface area contributed by atoms with Crippen LogP contribution in [0.3, 0.4) is 0 Å². The normalized spacial score (nSPS) is 27.3. The maximum absolute atomic E-state index is 14.4. The first-order valence-electron chi connectivity index (χ1n) is 19.0. The molecule has 1 aromatic carbocycles. The lowest BCUT2D eigenvalue weighted by Crippen LogP contribution is -2.42. The lowest BCUT2D eigenvalue weighted by Gasteiger charge is -2.25. The van der Waals surface area contributed by atoms with Crippen molar-refractivity contribution in [3.8, 4) is 5.75 Å². The SMILES string of the molecule is CC(=O)NC(CSC1=C2NC(=O)C=C/C=C\C=C/[C@H](C)[C@@H](O)CC(=O)/C(C)=C\C[C@H](O)/C=C\[C@H](C)[C@H](O)[C@@H](C)C=C(C)C(=O)c3c(O)c(C)cc(c3C1=O)C2=O)C(=O)O. The van der Waals surface area contributed by atoms with Gasteiger partial charge in [-0.15, -0.1) is 11.8 Å². The Labute approximate surface area is 347 Å². The van der Waals surface area contributed by atoms with Crippen LogP contribution in [0.4, 0.5) is 0 Å². The Bertz CT molecular complexity index is 2090. The zero-order valence-electron chi connectivity index (χ0n) is 34.0. The number of hydrogen-bond donors (Lipinski definition) is 7. The summed E-state index contributed by atoms with van der Waals surface area (Å²) in [6, 6.07) is -0.315. The van der Waals surface area contributed by atoms with Crippen molar-refractivity contribution in [2.75, 3.05) is 5.75 Å². The minimum Gasteiger partial charge on any atom is -0.507 e. The van der Waals surface area contributed by atoms with E-state index in [4.69, 9.17) is 0 Å². The number of benzene rings is 1. The fraction of sp³-hybridized carbons (Fsp3) is 0.386. The third-order valence-electron chi connectivity index (χ3n) is 9.86. The average molecular weight is 833 g/mol. The molecule has 2 aliphatic heterocycles. The summed E-state index contributed by atoms with van der Waals surface area (Å²) < 4.78 is 0. The van der Waals surface area contributed by atoms with Crippen LogP contribution in [0.5, 0.6) is 5.75 Å². The number of aliphatic hydroxyl groups is 3. The van der Waals surface area contributed by atoms with Crippen LogP contribution in [0.2, 0.25) is 0 Å². The second kappa shape index (κ2) is 21.5. The Morgan fingerprint density at radius 1 is 0.847 bits per heavy atom. The molecule has 0 saturated carbocycles. The number of phenols is 1. The number of allylic oxidation sites excluding steroid dienone is 8. The van der Waals surface area contributed by atoms with Crippen molar-refractivity contribution in [3.63, 3.8) is 0 Å². The number of carbonyl (C=O) groups excluding carboxylic acids is 6. The number of aromatic hydroxyl groups is 1. The summed E-state index contributed by atoms with van der Waals surface area (Å²) in [5.41, 5.74) is -1.35. The van der Waals surface area contributed by atoms with Gasteiger partial charge in [0.1, 0.15) is 17.5 Å². The van der Waals surface area contributed by atoms with Gasteiger partial charge in [0.25, 0.3) is 0 Å². The maximum Gasteiger partial charge on any atom is 0.327 e. The summed E-state index contributed by atoms with van der Waals surface area (Å²) in [6.45, 7) is 10.6. The first-order valence-corrected chi connectivity index (χ1v) is 20.0. The number of carboxylic acids is 1. The van der Waals surface area contributed by atoms with E-state index in [1.165, 1.54) is 44.2 Å². The lowest BCUT2D eigenvalue weighted by atomic mass is 9.83. The maximum atomic E-state index is 14.4. The predicted octanol–water partition coefficient (Wildman–Crippen LogP) is 4.38. The number of rotatable bonds is 5. The molecule has 0 saturated heterocycles. The highest BCUT2D eigenvalue weighted by Gasteiger charge is 2.39. The molecule has 0 radical (unpaired) electrons. The number of carbonyl (C=O) groups is 7. The standard InChI is InChI=1S/C44H52N2O12S/c1-22-12-10-8-9-11-13-34(51)46-37-41(55)30-19-27(6)40(54)36(35(30)42(56)43(37)59-21-31(44(57)58)45-28(7)47)39(53)26(5)18-25(4)38(52)24(3)15-17-29(48)16-14-23(2)33(50)20-32(22)49/h8-15,17-19,22,24-25,29,31-32,38,48-49,52,54H,16,20-21H2,1-7H3,(H,45,47)(H,46,51)(H,57,58)/b9-8-,12-10-,13-11?,17-15-,23-14-,26-18?/t22-,24-,25-,29-,31?,32-,38-/m0/s1. The zero-order valence-corrected chi connectivity index (χ0v) is 34.8. The monoisotopic (exact) mass is 832 g/mol. The molecule has 15 heteroatoms. The molecule has 0 aromatic heterocycles. The number of phenolic OH excluding ortho intramolecular Hbond substituents is 1. The van der Waals surface area contributed by atoms with Crippen LogP contribution in [0.1, 0.15) is 91.0 Å². The Balaban J connectivity index is 2.19. The van der Waals surface area contributed by atoms with Crippen LogP contribution < -0.4 is 10.6 Å². The van der Waals surface area contributed by atoms with Crippen molar-refractivity contribution in [2.45, 2.75) is 85.7 Å². The third-order valence-corrected chi connectivity index (χ3v) is 11.0. The van der Waals surface area contributed by atoms with Crippen molar-refractivity contribution in [2.24, 2.45) is 17.8 Å². The number of aliphatic hydroxyl groups excluding tert-OH is 3. The molecule has 7 atom stereocenters. The number of hydrogen-bond acceptors (Lipinski definition) is 12. The number of amides is 2. The molecular weight excluding hydrogens is 781 g/mol. The van der Waals surface area contributed by atoms with Gasteiger partial charge in [-0.2, -0.15) is 0 Å². The van der Waals surface area contributed by atoms with E-state index in [1.807, 2.05) is 0 Å². The first kappa shape index (κ1) is 47.9. The molecule has 3 aliphatic rings. The van der Waals surface area contributed by atoms with Crippen molar-refractivity contribution >= 4 is 52.7 Å². The largest absolute Gasteiger partial charge is 0.507 e. The highest BCUT2D eigenvalue weighted by atomic mass is 32.2. The molecule has 1 unspecified atom stereocenters. The van der Waals surface area contributed by atoms with E-state index in [1.54, 1.807) is 58.1 Å². The van der Waals surface area contributed by atoms with E-state index in [9.17, 15) is 59.1 Å². The molecule has 1 aromatic rings. The second-order valence-corrected chi connectivity index (χ2v) is 15.8. The van der Waals surface area contributed by atoms with Crippen molar-refractivity contribution in [1.29, 1.82) is 0 Å². The van der Waals surface area contributed by atoms with Crippen molar-refractivity contribution in [3.05, 3.63) is 111 Å². The minimum absolute atomic E-state index is 0.00628. The van der Waals surface area contributed by atoms with Gasteiger partial charge in [-0.25, -0.2) is 4.79 Å². The van der Waals surface area contributed by atoms with Gasteiger partial charge < -0.3 is 36.2 Å². The summed E-state index contributed by atoms with van der Waals surface area (Å²) in [7, 11) is 0. The predicted molar refractivity (Wildman–Crippen MR) is 223 cm³/mol. The van der Waals surface area contributed by atoms with Gasteiger partial charge in [-0.1, -0.05) is 75.5 Å². The summed E-state index contributed by atoms with van der Waals surface area (Å²) in [5, 5.41) is 58.0. The van der Waals surface area contributed by atoms with E-state index < -0.39 is 110 Å². The molecule has 14 nitrogen and oxygen atoms in total. The van der Waals surface area contributed by atoms with Gasteiger partial charge in [0, 0.05) is 54.1 Å². The number of aliphatic carboxylic acids is 1. The highest BCUT2D eigenvalue weighted by molar-refractivity contribution is 8.04. The van der Waals surface area contributed by atoms with Crippen LogP contribution in [-0.2, 0) is 19.2 Å². The fourth-order valence-corrected chi connectivity index (χ4v) is 7.32. The molecule has 1 aliphatic carbocycles. The molecule has 2 heterocycles. The fourth-order valence-electron chi connectivity index (χ4n) is 6.24. The van der Waals surface area contributed by atoms with Gasteiger partial charge in [-0.3, -0.25) is 28.8 Å². The van der Waals surface area contributed by atoms with Gasteiger partial charge in [-0.05, 0) is 50.0 Å². The Morgan fingerprint density at radius 3 is 2.15 bits per heavy atom. The van der Waals surface area contributed by atoms with E-state index in [0.717, 1.165) is 13.0 Å². The van der Waals surface area contributed by atoms with E-state index >= 15 is 0 Å². The van der Waals surface area contributed by atoms with Crippen LogP contribution in [0.15, 0.2) is 88.6 Å². The summed E-state index contributed by atoms with van der Waals surface area (Å²) in [5.74, 6) is -8.71. The number of carboxylic acid groups (broad SMARTS) is 1. The molecule has 0 fully saturated rings. The summed E-state index contributed by atoms with van der Waals surface area (Å²) in [4.78, 5) is 92.0. The number of thioether (sulfide) groups is 1. The second-order valence-electron chi connectivity index (χ2n) is 14.7. The van der Waals surface area contributed by atoms with Gasteiger partial charge >= 0.3 is 5.97 Å². The lowest BCUT2D eigenvalue weighted by molar-refractivity contribution is -0.140. The molecule has 59 heavy (non-hydrogen) atoms. The molecule has 4 bridgehead atoms.